The molecule has 3 nitrogen and oxygen atoms in total. The van der Waals surface area contributed by atoms with E-state index in [1.165, 1.54) is 50.9 Å². The highest BCUT2D eigenvalue weighted by Gasteiger charge is 2.32. The fraction of sp³-hybridized carbons (Fsp3) is 0.667. The number of likely N-dealkylation sites (tertiary alicyclic amines) is 1. The molecule has 0 spiro atoms. The van der Waals surface area contributed by atoms with Crippen LogP contribution in [0.25, 0.3) is 0 Å². The minimum atomic E-state index is 0.403. The molecule has 0 saturated carbocycles. The molecule has 21 heavy (non-hydrogen) atoms. The molecular weight excluding hydrogens is 260 g/mol. The lowest BCUT2D eigenvalue weighted by Crippen LogP contribution is -2.45. The van der Waals surface area contributed by atoms with E-state index < -0.39 is 0 Å². The molecule has 1 aromatic carbocycles. The normalized spacial score (nSPS) is 28.6. The first-order valence-corrected chi connectivity index (χ1v) is 8.40. The smallest absolute Gasteiger partial charge is 0.0659 e. The third-order valence-corrected chi connectivity index (χ3v) is 5.11. The average Bonchev–Trinajstić information content (AvgIpc) is 3.08. The lowest BCUT2D eigenvalue weighted by atomic mass is 9.88. The second kappa shape index (κ2) is 7.39. The standard InChI is InChI=1S/C18H28N2O/c1-21-14-18(15-7-3-2-4-8-15)20-12-6-9-16(13-20)17-10-5-11-19-17/h2-4,7-8,16-19H,5-6,9-14H2,1H3. The molecule has 2 aliphatic heterocycles. The number of piperidine rings is 1. The van der Waals surface area contributed by atoms with E-state index in [1.54, 1.807) is 0 Å². The Morgan fingerprint density at radius 2 is 2.10 bits per heavy atom. The fourth-order valence-electron chi connectivity index (χ4n) is 4.01. The number of nitrogens with one attached hydrogen (secondary N) is 1. The van der Waals surface area contributed by atoms with E-state index in [0.29, 0.717) is 6.04 Å². The van der Waals surface area contributed by atoms with Gasteiger partial charge in [0.2, 0.25) is 0 Å². The van der Waals surface area contributed by atoms with E-state index >= 15 is 0 Å². The van der Waals surface area contributed by atoms with E-state index in [-0.39, 0.29) is 0 Å². The Labute approximate surface area is 128 Å². The van der Waals surface area contributed by atoms with Crippen molar-refractivity contribution >= 4 is 0 Å². The van der Waals surface area contributed by atoms with Gasteiger partial charge >= 0.3 is 0 Å². The molecule has 1 N–H and O–H groups in total. The summed E-state index contributed by atoms with van der Waals surface area (Å²) in [6.07, 6.45) is 5.40. The number of methoxy groups -OCH3 is 1. The monoisotopic (exact) mass is 288 g/mol. The maximum Gasteiger partial charge on any atom is 0.0659 e. The maximum atomic E-state index is 5.52. The highest BCUT2D eigenvalue weighted by molar-refractivity contribution is 5.19. The van der Waals surface area contributed by atoms with Gasteiger partial charge in [-0.2, -0.15) is 0 Å². The Bertz CT molecular complexity index is 416. The SMILES string of the molecule is COCC(c1ccccc1)N1CCCC(C2CCCN2)C1. The number of ether oxygens (including phenoxy) is 1. The van der Waals surface area contributed by atoms with Crippen molar-refractivity contribution in [2.75, 3.05) is 33.4 Å². The van der Waals surface area contributed by atoms with Gasteiger partial charge in [0.15, 0.2) is 0 Å². The quantitative estimate of drug-likeness (QED) is 0.901. The van der Waals surface area contributed by atoms with E-state index in [4.69, 9.17) is 4.74 Å². The summed E-state index contributed by atoms with van der Waals surface area (Å²) in [5.41, 5.74) is 1.39. The molecule has 0 aliphatic carbocycles. The zero-order valence-electron chi connectivity index (χ0n) is 13.1. The van der Waals surface area contributed by atoms with Crippen molar-refractivity contribution < 1.29 is 4.74 Å². The Balaban J connectivity index is 1.69. The summed E-state index contributed by atoms with van der Waals surface area (Å²) < 4.78 is 5.52. The summed E-state index contributed by atoms with van der Waals surface area (Å²) in [4.78, 5) is 2.65. The summed E-state index contributed by atoms with van der Waals surface area (Å²) in [6.45, 7) is 4.41. The summed E-state index contributed by atoms with van der Waals surface area (Å²) in [5.74, 6) is 0.810. The molecule has 3 unspecified atom stereocenters. The maximum absolute atomic E-state index is 5.52. The van der Waals surface area contributed by atoms with Gasteiger partial charge in [-0.05, 0) is 50.3 Å². The summed E-state index contributed by atoms with van der Waals surface area (Å²) in [5, 5.41) is 3.70. The number of benzene rings is 1. The molecule has 3 heteroatoms. The molecule has 2 aliphatic rings. The van der Waals surface area contributed by atoms with Gasteiger partial charge in [0.05, 0.1) is 12.6 Å². The summed E-state index contributed by atoms with van der Waals surface area (Å²) in [6, 6.07) is 12.0. The van der Waals surface area contributed by atoms with Crippen LogP contribution in [0.2, 0.25) is 0 Å². The molecule has 0 aromatic heterocycles. The minimum absolute atomic E-state index is 0.403. The number of hydrogen-bond donors (Lipinski definition) is 1. The number of nitrogens with zero attached hydrogens (tertiary/aromatic N) is 1. The lowest BCUT2D eigenvalue weighted by molar-refractivity contribution is 0.0520. The van der Waals surface area contributed by atoms with Crippen molar-refractivity contribution in [2.24, 2.45) is 5.92 Å². The molecule has 116 valence electrons. The highest BCUT2D eigenvalue weighted by atomic mass is 16.5. The van der Waals surface area contributed by atoms with Crippen LogP contribution in [0.3, 0.4) is 0 Å². The summed E-state index contributed by atoms with van der Waals surface area (Å²) >= 11 is 0. The Hall–Kier alpha value is -0.900. The van der Waals surface area contributed by atoms with Gasteiger partial charge in [-0.25, -0.2) is 0 Å². The molecule has 2 heterocycles. The predicted octanol–water partition coefficient (Wildman–Crippen LogP) is 2.84. The second-order valence-corrected chi connectivity index (χ2v) is 6.48. The fourth-order valence-corrected chi connectivity index (χ4v) is 4.01. The molecule has 0 amide bonds. The van der Waals surface area contributed by atoms with E-state index in [1.807, 2.05) is 7.11 Å². The Morgan fingerprint density at radius 3 is 2.81 bits per heavy atom. The van der Waals surface area contributed by atoms with Crippen molar-refractivity contribution in [3.63, 3.8) is 0 Å². The van der Waals surface area contributed by atoms with Gasteiger partial charge in [0, 0.05) is 19.7 Å². The van der Waals surface area contributed by atoms with Gasteiger partial charge in [0.25, 0.3) is 0 Å². The van der Waals surface area contributed by atoms with E-state index in [0.717, 1.165) is 18.6 Å². The van der Waals surface area contributed by atoms with E-state index in [2.05, 4.69) is 40.5 Å². The minimum Gasteiger partial charge on any atom is -0.383 e. The third-order valence-electron chi connectivity index (χ3n) is 5.11. The average molecular weight is 288 g/mol. The first-order chi connectivity index (χ1) is 10.4. The highest BCUT2D eigenvalue weighted by Crippen LogP contribution is 2.30. The molecule has 3 atom stereocenters. The van der Waals surface area contributed by atoms with Crippen molar-refractivity contribution in [2.45, 2.75) is 37.8 Å². The van der Waals surface area contributed by atoms with Gasteiger partial charge in [-0.1, -0.05) is 30.3 Å². The zero-order chi connectivity index (χ0) is 14.5. The van der Waals surface area contributed by atoms with Crippen LogP contribution in [0.1, 0.15) is 37.3 Å². The van der Waals surface area contributed by atoms with Crippen LogP contribution < -0.4 is 5.32 Å². The zero-order valence-corrected chi connectivity index (χ0v) is 13.1. The van der Waals surface area contributed by atoms with Gasteiger partial charge in [0.1, 0.15) is 0 Å². The molecular formula is C18H28N2O. The number of rotatable bonds is 5. The first kappa shape index (κ1) is 15.0. The van der Waals surface area contributed by atoms with Crippen LogP contribution in [0.15, 0.2) is 30.3 Å². The molecule has 1 aromatic rings. The van der Waals surface area contributed by atoms with Gasteiger partial charge < -0.3 is 10.1 Å². The van der Waals surface area contributed by atoms with Crippen LogP contribution in [0.5, 0.6) is 0 Å². The second-order valence-electron chi connectivity index (χ2n) is 6.48. The largest absolute Gasteiger partial charge is 0.383 e. The topological polar surface area (TPSA) is 24.5 Å². The summed E-state index contributed by atoms with van der Waals surface area (Å²) in [7, 11) is 1.82. The van der Waals surface area contributed by atoms with Crippen molar-refractivity contribution in [1.29, 1.82) is 0 Å². The molecule has 0 bridgehead atoms. The Kier molecular flexibility index (Phi) is 5.28. The third kappa shape index (κ3) is 3.65. The lowest BCUT2D eigenvalue weighted by Gasteiger charge is -2.40. The van der Waals surface area contributed by atoms with Crippen LogP contribution in [-0.4, -0.2) is 44.3 Å². The van der Waals surface area contributed by atoms with Crippen LogP contribution in [0.4, 0.5) is 0 Å². The van der Waals surface area contributed by atoms with Gasteiger partial charge in [-0.3, -0.25) is 4.90 Å². The molecule has 2 saturated heterocycles. The van der Waals surface area contributed by atoms with Crippen molar-refractivity contribution in [1.82, 2.24) is 10.2 Å². The van der Waals surface area contributed by atoms with Crippen LogP contribution in [-0.2, 0) is 4.74 Å². The predicted molar refractivity (Wildman–Crippen MR) is 86.4 cm³/mol. The molecule has 3 rings (SSSR count). The molecule has 2 fully saturated rings. The van der Waals surface area contributed by atoms with Crippen LogP contribution >= 0.6 is 0 Å². The number of hydrogen-bond acceptors (Lipinski definition) is 3. The van der Waals surface area contributed by atoms with Crippen molar-refractivity contribution in [3.05, 3.63) is 35.9 Å². The van der Waals surface area contributed by atoms with E-state index in [9.17, 15) is 0 Å². The van der Waals surface area contributed by atoms with Crippen LogP contribution in [0, 0.1) is 5.92 Å². The van der Waals surface area contributed by atoms with Gasteiger partial charge in [-0.15, -0.1) is 0 Å². The first-order valence-electron chi connectivity index (χ1n) is 8.40. The molecule has 0 radical (unpaired) electrons. The Morgan fingerprint density at radius 1 is 1.24 bits per heavy atom. The van der Waals surface area contributed by atoms with Crippen molar-refractivity contribution in [3.8, 4) is 0 Å².